The van der Waals surface area contributed by atoms with Gasteiger partial charge in [0, 0.05) is 6.92 Å². The molecule has 5 heteroatoms. The molecule has 0 aromatic rings. The largest absolute Gasteiger partial charge is 0.481 e. The quantitative estimate of drug-likeness (QED) is 0.574. The lowest BCUT2D eigenvalue weighted by Gasteiger charge is -2.13. The molecule has 1 aliphatic rings. The molecule has 0 spiro atoms. The highest BCUT2D eigenvalue weighted by atomic mass is 16.5. The van der Waals surface area contributed by atoms with Gasteiger partial charge in [0.15, 0.2) is 0 Å². The van der Waals surface area contributed by atoms with Gasteiger partial charge in [-0.3, -0.25) is 9.59 Å². The Labute approximate surface area is 69.7 Å². The number of carboxylic acid groups (broad SMARTS) is 1. The minimum Gasteiger partial charge on any atom is -0.481 e. The Kier molecular flexibility index (Phi) is 2.65. The molecule has 2 atom stereocenters. The number of carbonyl (C=O) groups is 2. The highest BCUT2D eigenvalue weighted by molar-refractivity contribution is 5.76. The van der Waals surface area contributed by atoms with Crippen molar-refractivity contribution in [3.63, 3.8) is 0 Å². The minimum absolute atomic E-state index is 0.181. The summed E-state index contributed by atoms with van der Waals surface area (Å²) in [6.07, 6.45) is 0. The summed E-state index contributed by atoms with van der Waals surface area (Å²) in [5, 5.41) is 11.2. The molecule has 0 bridgehead atoms. The monoisotopic (exact) mass is 173 g/mol. The number of hydrogen-bond donors (Lipinski definition) is 2. The fraction of sp³-hybridized carbons (Fsp3) is 0.714. The number of ether oxygens (including phenoxy) is 1. The van der Waals surface area contributed by atoms with Crippen LogP contribution in [0.2, 0.25) is 0 Å². The number of carbonyl (C=O) groups excluding carboxylic acids is 1. The molecular formula is C7H11NO4. The van der Waals surface area contributed by atoms with Crippen LogP contribution >= 0.6 is 0 Å². The highest BCUT2D eigenvalue weighted by Crippen LogP contribution is 2.13. The maximum atomic E-state index is 10.6. The molecule has 1 fully saturated rings. The number of aliphatic carboxylic acids is 1. The third-order valence-electron chi connectivity index (χ3n) is 1.79. The lowest BCUT2D eigenvalue weighted by atomic mass is 10.0. The van der Waals surface area contributed by atoms with Gasteiger partial charge in [-0.2, -0.15) is 0 Å². The second-order valence-corrected chi connectivity index (χ2v) is 2.79. The zero-order valence-electron chi connectivity index (χ0n) is 6.74. The predicted molar refractivity (Wildman–Crippen MR) is 39.5 cm³/mol. The molecule has 0 aromatic heterocycles. The molecule has 1 aliphatic heterocycles. The molecule has 5 nitrogen and oxygen atoms in total. The molecule has 2 N–H and O–H groups in total. The molecule has 68 valence electrons. The molecule has 1 saturated heterocycles. The van der Waals surface area contributed by atoms with Crippen molar-refractivity contribution in [3.8, 4) is 0 Å². The number of hydrogen-bond acceptors (Lipinski definition) is 3. The van der Waals surface area contributed by atoms with E-state index in [1.54, 1.807) is 0 Å². The first-order chi connectivity index (χ1) is 5.61. The number of amides is 1. The van der Waals surface area contributed by atoms with Crippen molar-refractivity contribution in [2.75, 3.05) is 13.2 Å². The summed E-state index contributed by atoms with van der Waals surface area (Å²) in [6.45, 7) is 1.83. The molecule has 0 aliphatic carbocycles. The van der Waals surface area contributed by atoms with Crippen LogP contribution in [0.4, 0.5) is 0 Å². The first-order valence-corrected chi connectivity index (χ1v) is 3.69. The Bertz CT molecular complexity index is 204. The van der Waals surface area contributed by atoms with E-state index in [0.717, 1.165) is 0 Å². The van der Waals surface area contributed by atoms with E-state index in [4.69, 9.17) is 9.84 Å². The molecule has 12 heavy (non-hydrogen) atoms. The number of carboxylic acids is 1. The maximum Gasteiger partial charge on any atom is 0.311 e. The second-order valence-electron chi connectivity index (χ2n) is 2.79. The standard InChI is InChI=1S/C7H11NO4/c1-4(9)8-6-3-12-2-5(6)7(10)11/h5-6H,2-3H2,1H3,(H,8,9)(H,10,11). The predicted octanol–water partition coefficient (Wildman–Crippen LogP) is -0.778. The van der Waals surface area contributed by atoms with Gasteiger partial charge >= 0.3 is 5.97 Å². The van der Waals surface area contributed by atoms with Gasteiger partial charge in [-0.25, -0.2) is 0 Å². The Morgan fingerprint density at radius 1 is 1.50 bits per heavy atom. The zero-order valence-corrected chi connectivity index (χ0v) is 6.74. The van der Waals surface area contributed by atoms with E-state index in [2.05, 4.69) is 5.32 Å². The van der Waals surface area contributed by atoms with Gasteiger partial charge < -0.3 is 15.2 Å². The van der Waals surface area contributed by atoms with Crippen LogP contribution in [0.1, 0.15) is 6.92 Å². The van der Waals surface area contributed by atoms with E-state index >= 15 is 0 Å². The van der Waals surface area contributed by atoms with E-state index in [-0.39, 0.29) is 25.2 Å². The van der Waals surface area contributed by atoms with Crippen LogP contribution in [0.5, 0.6) is 0 Å². The van der Waals surface area contributed by atoms with Crippen LogP contribution in [-0.4, -0.2) is 36.2 Å². The Balaban J connectivity index is 2.52. The van der Waals surface area contributed by atoms with Crippen molar-refractivity contribution in [3.05, 3.63) is 0 Å². The molecule has 1 rings (SSSR count). The normalized spacial score (nSPS) is 28.4. The van der Waals surface area contributed by atoms with Crippen LogP contribution in [0.15, 0.2) is 0 Å². The van der Waals surface area contributed by atoms with E-state index in [9.17, 15) is 9.59 Å². The lowest BCUT2D eigenvalue weighted by Crippen LogP contribution is -2.41. The van der Waals surface area contributed by atoms with E-state index in [1.165, 1.54) is 6.92 Å². The average Bonchev–Trinajstić information content (AvgIpc) is 2.33. The fourth-order valence-corrected chi connectivity index (χ4v) is 1.20. The molecule has 2 unspecified atom stereocenters. The van der Waals surface area contributed by atoms with Crippen LogP contribution in [0.3, 0.4) is 0 Å². The van der Waals surface area contributed by atoms with Gasteiger partial charge in [0.1, 0.15) is 5.92 Å². The summed E-state index contributed by atoms with van der Waals surface area (Å²) in [5.74, 6) is -1.75. The maximum absolute atomic E-state index is 10.6. The molecule has 0 radical (unpaired) electrons. The van der Waals surface area contributed by atoms with Crippen molar-refractivity contribution < 1.29 is 19.4 Å². The average molecular weight is 173 g/mol. The summed E-state index contributed by atoms with van der Waals surface area (Å²) in [6, 6.07) is -0.375. The van der Waals surface area contributed by atoms with Crippen molar-refractivity contribution in [1.29, 1.82) is 0 Å². The molecule has 1 amide bonds. The van der Waals surface area contributed by atoms with Gasteiger partial charge in [-0.05, 0) is 0 Å². The SMILES string of the molecule is CC(=O)NC1COCC1C(=O)O. The summed E-state index contributed by atoms with van der Waals surface area (Å²) in [4.78, 5) is 21.2. The number of nitrogens with one attached hydrogen (secondary N) is 1. The number of rotatable bonds is 2. The first-order valence-electron chi connectivity index (χ1n) is 3.69. The van der Waals surface area contributed by atoms with Gasteiger partial charge in [-0.15, -0.1) is 0 Å². The van der Waals surface area contributed by atoms with Crippen LogP contribution in [0, 0.1) is 5.92 Å². The van der Waals surface area contributed by atoms with Crippen molar-refractivity contribution in [2.45, 2.75) is 13.0 Å². The molecule has 0 aromatic carbocycles. The van der Waals surface area contributed by atoms with E-state index < -0.39 is 11.9 Å². The second kappa shape index (κ2) is 3.53. The topological polar surface area (TPSA) is 75.6 Å². The summed E-state index contributed by atoms with van der Waals surface area (Å²) < 4.78 is 4.94. The summed E-state index contributed by atoms with van der Waals surface area (Å²) in [7, 11) is 0. The molecular weight excluding hydrogens is 162 g/mol. The zero-order chi connectivity index (χ0) is 9.14. The van der Waals surface area contributed by atoms with Crippen LogP contribution in [-0.2, 0) is 14.3 Å². The van der Waals surface area contributed by atoms with Crippen LogP contribution in [0.25, 0.3) is 0 Å². The van der Waals surface area contributed by atoms with Crippen molar-refractivity contribution in [1.82, 2.24) is 5.32 Å². The lowest BCUT2D eigenvalue weighted by molar-refractivity contribution is -0.142. The molecule has 0 saturated carbocycles. The van der Waals surface area contributed by atoms with Crippen molar-refractivity contribution in [2.24, 2.45) is 5.92 Å². The smallest absolute Gasteiger partial charge is 0.311 e. The summed E-state index contributed by atoms with van der Waals surface area (Å²) >= 11 is 0. The third kappa shape index (κ3) is 1.94. The fourth-order valence-electron chi connectivity index (χ4n) is 1.20. The summed E-state index contributed by atoms with van der Waals surface area (Å²) in [5.41, 5.74) is 0. The van der Waals surface area contributed by atoms with Gasteiger partial charge in [0.2, 0.25) is 5.91 Å². The van der Waals surface area contributed by atoms with Gasteiger partial charge in [-0.1, -0.05) is 0 Å². The molecule has 1 heterocycles. The van der Waals surface area contributed by atoms with E-state index in [1.807, 2.05) is 0 Å². The Morgan fingerprint density at radius 3 is 2.67 bits per heavy atom. The highest BCUT2D eigenvalue weighted by Gasteiger charge is 2.34. The van der Waals surface area contributed by atoms with Crippen LogP contribution < -0.4 is 5.32 Å². The Morgan fingerprint density at radius 2 is 2.17 bits per heavy atom. The van der Waals surface area contributed by atoms with Gasteiger partial charge in [0.05, 0.1) is 19.3 Å². The van der Waals surface area contributed by atoms with Crippen molar-refractivity contribution >= 4 is 11.9 Å². The Hall–Kier alpha value is -1.10. The first kappa shape index (κ1) is 8.99. The van der Waals surface area contributed by atoms with E-state index in [0.29, 0.717) is 0 Å². The van der Waals surface area contributed by atoms with Gasteiger partial charge in [0.25, 0.3) is 0 Å². The minimum atomic E-state index is -0.925. The third-order valence-corrected chi connectivity index (χ3v) is 1.79.